The Kier molecular flexibility index (Phi) is 6.99. The van der Waals surface area contributed by atoms with Crippen molar-refractivity contribution in [3.05, 3.63) is 48.0 Å². The van der Waals surface area contributed by atoms with E-state index in [1.807, 2.05) is 7.05 Å². The monoisotopic (exact) mass is 361 g/mol. The highest BCUT2D eigenvalue weighted by molar-refractivity contribution is 7.56. The summed E-state index contributed by atoms with van der Waals surface area (Å²) in [5, 5.41) is 7.34. The fourth-order valence-corrected chi connectivity index (χ4v) is 5.09. The number of hydrogen-bond donors (Lipinski definition) is 1. The van der Waals surface area contributed by atoms with E-state index < -0.39 is 8.07 Å². The summed E-state index contributed by atoms with van der Waals surface area (Å²) in [6.45, 7) is 8.28. The first-order valence-corrected chi connectivity index (χ1v) is 12.7. The van der Waals surface area contributed by atoms with E-state index in [-0.39, 0.29) is 6.79 Å². The summed E-state index contributed by atoms with van der Waals surface area (Å²) in [4.78, 5) is 0. The van der Waals surface area contributed by atoms with Gasteiger partial charge in [0, 0.05) is 19.0 Å². The lowest BCUT2D eigenvalue weighted by molar-refractivity contribution is 0.0519. The Morgan fingerprint density at radius 2 is 1.79 bits per heavy atom. The van der Waals surface area contributed by atoms with Crippen LogP contribution in [0.3, 0.4) is 0 Å². The van der Waals surface area contributed by atoms with Gasteiger partial charge in [0.2, 0.25) is 0 Å². The fourth-order valence-electron chi connectivity index (χ4n) is 2.47. The quantitative estimate of drug-likeness (QED) is 0.445. The summed E-state index contributed by atoms with van der Waals surface area (Å²) < 4.78 is 10.9. The predicted octanol–water partition coefficient (Wildman–Crippen LogP) is 2.56. The molecule has 0 amide bonds. The van der Waals surface area contributed by atoms with Crippen LogP contribution in [0.4, 0.5) is 0 Å². The van der Waals surface area contributed by atoms with Gasteiger partial charge < -0.3 is 14.8 Å². The third-order valence-corrected chi connectivity index (χ3v) is 7.29. The van der Waals surface area contributed by atoms with Crippen LogP contribution in [-0.2, 0) is 11.3 Å². The van der Waals surface area contributed by atoms with Gasteiger partial charge >= 0.3 is 0 Å². The highest BCUT2D eigenvalue weighted by atomic mass is 31.1. The molecule has 0 aromatic heterocycles. The van der Waals surface area contributed by atoms with E-state index in [4.69, 9.17) is 9.47 Å². The fraction of sp³-hybridized carbons (Fsp3) is 0.368. The van der Waals surface area contributed by atoms with Gasteiger partial charge in [-0.2, -0.15) is 0 Å². The van der Waals surface area contributed by atoms with E-state index in [1.165, 1.54) is 21.4 Å². The van der Waals surface area contributed by atoms with E-state index in [0.717, 1.165) is 12.3 Å². The van der Waals surface area contributed by atoms with Gasteiger partial charge in [0.15, 0.2) is 6.79 Å². The van der Waals surface area contributed by atoms with Crippen molar-refractivity contribution in [2.24, 2.45) is 0 Å². The van der Waals surface area contributed by atoms with Gasteiger partial charge in [0.25, 0.3) is 0 Å². The number of benzene rings is 2. The Bertz CT molecular complexity index is 671. The molecule has 0 aliphatic rings. The van der Waals surface area contributed by atoms with Gasteiger partial charge in [-0.15, -0.1) is 0 Å². The van der Waals surface area contributed by atoms with Crippen molar-refractivity contribution >= 4 is 32.5 Å². The zero-order chi connectivity index (χ0) is 17.6. The number of nitrogens with one attached hydrogen (secondary N) is 1. The first-order valence-electron chi connectivity index (χ1n) is 8.21. The molecule has 0 radical (unpaired) electrons. The Balaban J connectivity index is 2.39. The molecule has 0 aliphatic heterocycles. The van der Waals surface area contributed by atoms with Crippen molar-refractivity contribution in [1.82, 2.24) is 5.32 Å². The molecule has 2 rings (SSSR count). The summed E-state index contributed by atoms with van der Waals surface area (Å²) in [6, 6.07) is 15.3. The third-order valence-electron chi connectivity index (χ3n) is 3.83. The molecule has 130 valence electrons. The molecule has 0 spiro atoms. The average Bonchev–Trinajstić information content (AvgIpc) is 2.55. The molecule has 1 N–H and O–H groups in total. The van der Waals surface area contributed by atoms with E-state index in [9.17, 15) is 0 Å². The van der Waals surface area contributed by atoms with Crippen molar-refractivity contribution < 1.29 is 9.47 Å². The first-order chi connectivity index (χ1) is 11.5. The molecule has 0 saturated carbocycles. The second kappa shape index (κ2) is 8.77. The van der Waals surface area contributed by atoms with Gasteiger partial charge in [-0.1, -0.05) is 69.8 Å². The van der Waals surface area contributed by atoms with Gasteiger partial charge in [-0.05, 0) is 24.0 Å². The lowest BCUT2D eigenvalue weighted by atomic mass is 10.2. The lowest BCUT2D eigenvalue weighted by Gasteiger charge is -2.20. The molecule has 0 saturated heterocycles. The smallest absolute Gasteiger partial charge is 0.188 e. The second-order valence-corrected chi connectivity index (χ2v) is 13.2. The van der Waals surface area contributed by atoms with Gasteiger partial charge in [0.05, 0.1) is 8.07 Å². The first kappa shape index (κ1) is 19.1. The van der Waals surface area contributed by atoms with Crippen LogP contribution >= 0.6 is 8.58 Å². The van der Waals surface area contributed by atoms with Crippen molar-refractivity contribution in [1.29, 1.82) is 0 Å². The maximum absolute atomic E-state index is 5.81. The number of methoxy groups -OCH3 is 1. The van der Waals surface area contributed by atoms with Gasteiger partial charge in [-0.3, -0.25) is 0 Å². The van der Waals surface area contributed by atoms with Crippen molar-refractivity contribution in [2.45, 2.75) is 26.2 Å². The molecular weight excluding hydrogens is 333 g/mol. The molecule has 0 aliphatic carbocycles. The van der Waals surface area contributed by atoms with Crippen LogP contribution in [-0.4, -0.2) is 29.0 Å². The number of rotatable bonds is 8. The largest absolute Gasteiger partial charge is 0.467 e. The van der Waals surface area contributed by atoms with Crippen LogP contribution in [0.2, 0.25) is 19.6 Å². The summed E-state index contributed by atoms with van der Waals surface area (Å²) in [5.74, 6) is 0.927. The highest BCUT2D eigenvalue weighted by Crippen LogP contribution is 2.21. The Hall–Kier alpha value is -1.19. The molecule has 0 bridgehead atoms. The average molecular weight is 361 g/mol. The molecule has 1 atom stereocenters. The minimum Gasteiger partial charge on any atom is -0.467 e. The Morgan fingerprint density at radius 3 is 2.46 bits per heavy atom. The molecule has 24 heavy (non-hydrogen) atoms. The number of hydrogen-bond acceptors (Lipinski definition) is 3. The van der Waals surface area contributed by atoms with Crippen LogP contribution in [0.15, 0.2) is 42.5 Å². The van der Waals surface area contributed by atoms with Crippen LogP contribution in [0.25, 0.3) is 0 Å². The van der Waals surface area contributed by atoms with E-state index in [0.29, 0.717) is 8.58 Å². The molecule has 3 nitrogen and oxygen atoms in total. The minimum atomic E-state index is -1.36. The summed E-state index contributed by atoms with van der Waals surface area (Å²) in [6.07, 6.45) is 0. The van der Waals surface area contributed by atoms with Gasteiger partial charge in [-0.25, -0.2) is 0 Å². The molecule has 2 aromatic carbocycles. The molecule has 0 heterocycles. The summed E-state index contributed by atoms with van der Waals surface area (Å²) in [5.41, 5.74) is 1.34. The van der Waals surface area contributed by atoms with Crippen LogP contribution in [0.1, 0.15) is 5.56 Å². The maximum Gasteiger partial charge on any atom is 0.188 e. The van der Waals surface area contributed by atoms with Crippen LogP contribution in [0, 0.1) is 0 Å². The predicted molar refractivity (Wildman–Crippen MR) is 109 cm³/mol. The lowest BCUT2D eigenvalue weighted by Crippen LogP contribution is -2.39. The van der Waals surface area contributed by atoms with Gasteiger partial charge in [0.1, 0.15) is 5.75 Å². The maximum atomic E-state index is 5.81. The number of ether oxygens (including phenoxy) is 2. The molecule has 5 heteroatoms. The van der Waals surface area contributed by atoms with E-state index >= 15 is 0 Å². The van der Waals surface area contributed by atoms with Crippen LogP contribution < -0.4 is 25.8 Å². The topological polar surface area (TPSA) is 30.5 Å². The highest BCUT2D eigenvalue weighted by Gasteiger charge is 2.19. The Labute approximate surface area is 148 Å². The summed E-state index contributed by atoms with van der Waals surface area (Å²) >= 11 is 0. The molecule has 2 aromatic rings. The summed E-state index contributed by atoms with van der Waals surface area (Å²) in [7, 11) is 2.85. The molecular formula is C19H28NO2PSi. The minimum absolute atomic E-state index is 0.280. The normalized spacial score (nSPS) is 12.0. The second-order valence-electron chi connectivity index (χ2n) is 6.82. The zero-order valence-electron chi connectivity index (χ0n) is 15.3. The third kappa shape index (κ3) is 5.15. The van der Waals surface area contributed by atoms with Crippen molar-refractivity contribution in [3.63, 3.8) is 0 Å². The molecule has 1 unspecified atom stereocenters. The molecule has 0 fully saturated rings. The standard InChI is InChI=1S/C19H28NO2PSi/c1-20-13-15-8-6-7-9-18(15)23-19-12-16(24(3,4)5)10-11-17(19)22-14-21-2/h6-12,20,23H,13-14H2,1-5H3. The SMILES string of the molecule is CNCc1ccccc1Pc1cc([Si](C)(C)C)ccc1OCOC. The van der Waals surface area contributed by atoms with E-state index in [2.05, 4.69) is 67.4 Å². The van der Waals surface area contributed by atoms with Crippen molar-refractivity contribution in [2.75, 3.05) is 21.0 Å². The zero-order valence-corrected chi connectivity index (χ0v) is 17.3. The van der Waals surface area contributed by atoms with Crippen LogP contribution in [0.5, 0.6) is 5.75 Å². The Morgan fingerprint density at radius 1 is 1.04 bits per heavy atom. The van der Waals surface area contributed by atoms with Crippen molar-refractivity contribution in [3.8, 4) is 5.75 Å². The van der Waals surface area contributed by atoms with E-state index in [1.54, 1.807) is 7.11 Å².